The second kappa shape index (κ2) is 3.55. The van der Waals surface area contributed by atoms with Gasteiger partial charge in [-0.25, -0.2) is 0 Å². The van der Waals surface area contributed by atoms with Crippen molar-refractivity contribution < 1.29 is 0 Å². The Morgan fingerprint density at radius 2 is 2.07 bits per heavy atom. The molecule has 2 rings (SSSR count). The summed E-state index contributed by atoms with van der Waals surface area (Å²) in [7, 11) is 0. The molecule has 0 fully saturated rings. The molecule has 1 heterocycles. The SMILES string of the molecule is CCCC1(C)CNc2c(C)cc(C)cc21. The van der Waals surface area contributed by atoms with Crippen LogP contribution in [0.1, 0.15) is 43.4 Å². The Labute approximate surface area is 92.9 Å². The number of hydrogen-bond donors (Lipinski definition) is 1. The van der Waals surface area contributed by atoms with E-state index in [0.717, 1.165) is 6.54 Å². The van der Waals surface area contributed by atoms with Gasteiger partial charge in [0.1, 0.15) is 0 Å². The average Bonchev–Trinajstić information content (AvgIpc) is 2.45. The first-order chi connectivity index (χ1) is 7.07. The maximum Gasteiger partial charge on any atom is 0.0409 e. The highest BCUT2D eigenvalue weighted by Gasteiger charge is 2.34. The highest BCUT2D eigenvalue weighted by Crippen LogP contribution is 2.41. The summed E-state index contributed by atoms with van der Waals surface area (Å²) in [5, 5.41) is 3.57. The molecule has 1 heteroatoms. The summed E-state index contributed by atoms with van der Waals surface area (Å²) in [6.07, 6.45) is 2.53. The van der Waals surface area contributed by atoms with E-state index in [1.807, 2.05) is 0 Å². The summed E-state index contributed by atoms with van der Waals surface area (Å²) in [5.41, 5.74) is 6.04. The Hall–Kier alpha value is -0.980. The van der Waals surface area contributed by atoms with E-state index in [0.29, 0.717) is 5.41 Å². The average molecular weight is 203 g/mol. The fourth-order valence-corrected chi connectivity index (χ4v) is 2.83. The molecular weight excluding hydrogens is 182 g/mol. The van der Waals surface area contributed by atoms with Gasteiger partial charge in [0.05, 0.1) is 0 Å². The van der Waals surface area contributed by atoms with Gasteiger partial charge in [0.15, 0.2) is 0 Å². The molecule has 0 radical (unpaired) electrons. The van der Waals surface area contributed by atoms with Crippen molar-refractivity contribution in [3.8, 4) is 0 Å². The fourth-order valence-electron chi connectivity index (χ4n) is 2.83. The van der Waals surface area contributed by atoms with Crippen LogP contribution in [0.4, 0.5) is 5.69 Å². The molecule has 1 aliphatic heterocycles. The van der Waals surface area contributed by atoms with E-state index in [4.69, 9.17) is 0 Å². The smallest absolute Gasteiger partial charge is 0.0409 e. The quantitative estimate of drug-likeness (QED) is 0.771. The van der Waals surface area contributed by atoms with Gasteiger partial charge in [-0.1, -0.05) is 38.0 Å². The van der Waals surface area contributed by atoms with Crippen molar-refractivity contribution in [2.75, 3.05) is 11.9 Å². The third kappa shape index (κ3) is 1.64. The summed E-state index contributed by atoms with van der Waals surface area (Å²) in [5.74, 6) is 0. The lowest BCUT2D eigenvalue weighted by molar-refractivity contribution is 0.471. The van der Waals surface area contributed by atoms with Gasteiger partial charge in [0.25, 0.3) is 0 Å². The van der Waals surface area contributed by atoms with Gasteiger partial charge in [-0.2, -0.15) is 0 Å². The number of hydrogen-bond acceptors (Lipinski definition) is 1. The summed E-state index contributed by atoms with van der Waals surface area (Å²) in [4.78, 5) is 0. The molecule has 1 aromatic carbocycles. The van der Waals surface area contributed by atoms with Crippen molar-refractivity contribution >= 4 is 5.69 Å². The number of anilines is 1. The second-order valence-electron chi connectivity index (χ2n) is 5.17. The number of nitrogens with one attached hydrogen (secondary N) is 1. The zero-order chi connectivity index (χ0) is 11.1. The first-order valence-electron chi connectivity index (χ1n) is 5.92. The van der Waals surface area contributed by atoms with Gasteiger partial charge < -0.3 is 5.32 Å². The number of benzene rings is 1. The molecule has 1 unspecified atom stereocenters. The summed E-state index contributed by atoms with van der Waals surface area (Å²) >= 11 is 0. The van der Waals surface area contributed by atoms with Crippen molar-refractivity contribution in [3.05, 3.63) is 28.8 Å². The topological polar surface area (TPSA) is 12.0 Å². The van der Waals surface area contributed by atoms with Crippen LogP contribution in [-0.2, 0) is 5.41 Å². The fraction of sp³-hybridized carbons (Fsp3) is 0.571. The van der Waals surface area contributed by atoms with Gasteiger partial charge in [-0.05, 0) is 31.4 Å². The predicted molar refractivity (Wildman–Crippen MR) is 66.7 cm³/mol. The molecule has 0 spiro atoms. The first kappa shape index (κ1) is 10.5. The molecule has 1 aromatic rings. The number of fused-ring (bicyclic) bond motifs is 1. The van der Waals surface area contributed by atoms with Crippen LogP contribution in [0.3, 0.4) is 0 Å². The van der Waals surface area contributed by atoms with E-state index in [-0.39, 0.29) is 0 Å². The summed E-state index contributed by atoms with van der Waals surface area (Å²) in [6.45, 7) is 10.1. The Morgan fingerprint density at radius 3 is 2.73 bits per heavy atom. The molecule has 82 valence electrons. The second-order valence-corrected chi connectivity index (χ2v) is 5.17. The van der Waals surface area contributed by atoms with Gasteiger partial charge in [0.2, 0.25) is 0 Å². The van der Waals surface area contributed by atoms with Crippen molar-refractivity contribution in [3.63, 3.8) is 0 Å². The Morgan fingerprint density at radius 1 is 1.33 bits per heavy atom. The minimum Gasteiger partial charge on any atom is -0.384 e. The standard InChI is InChI=1S/C14H21N/c1-5-6-14(4)9-15-13-11(3)7-10(2)8-12(13)14/h7-8,15H,5-6,9H2,1-4H3. The van der Waals surface area contributed by atoms with E-state index in [2.05, 4.69) is 45.1 Å². The molecule has 0 amide bonds. The Kier molecular flexibility index (Phi) is 2.49. The van der Waals surface area contributed by atoms with E-state index in [1.54, 1.807) is 0 Å². The molecule has 0 aromatic heterocycles. The van der Waals surface area contributed by atoms with Crippen molar-refractivity contribution in [1.82, 2.24) is 0 Å². The molecular formula is C14H21N. The molecule has 0 saturated carbocycles. The van der Waals surface area contributed by atoms with Gasteiger partial charge in [-0.15, -0.1) is 0 Å². The van der Waals surface area contributed by atoms with Crippen molar-refractivity contribution in [1.29, 1.82) is 0 Å². The zero-order valence-corrected chi connectivity index (χ0v) is 10.3. The maximum absolute atomic E-state index is 3.57. The van der Waals surface area contributed by atoms with Gasteiger partial charge in [0, 0.05) is 17.6 Å². The lowest BCUT2D eigenvalue weighted by Crippen LogP contribution is -2.23. The van der Waals surface area contributed by atoms with E-state index in [1.165, 1.54) is 35.2 Å². The van der Waals surface area contributed by atoms with E-state index < -0.39 is 0 Å². The third-order valence-electron chi connectivity index (χ3n) is 3.59. The lowest BCUT2D eigenvalue weighted by Gasteiger charge is -2.23. The highest BCUT2D eigenvalue weighted by molar-refractivity contribution is 5.65. The maximum atomic E-state index is 3.57. The normalized spacial score (nSPS) is 23.7. The van der Waals surface area contributed by atoms with Crippen molar-refractivity contribution in [2.45, 2.75) is 46.0 Å². The molecule has 1 N–H and O–H groups in total. The Bertz CT molecular complexity index is 381. The summed E-state index contributed by atoms with van der Waals surface area (Å²) in [6, 6.07) is 4.63. The van der Waals surface area contributed by atoms with Crippen LogP contribution in [0.2, 0.25) is 0 Å². The molecule has 1 aliphatic rings. The van der Waals surface area contributed by atoms with Crippen LogP contribution in [0.25, 0.3) is 0 Å². The predicted octanol–water partition coefficient (Wildman–Crippen LogP) is 3.79. The van der Waals surface area contributed by atoms with Crippen LogP contribution in [-0.4, -0.2) is 6.54 Å². The first-order valence-corrected chi connectivity index (χ1v) is 5.92. The molecule has 0 saturated heterocycles. The number of aryl methyl sites for hydroxylation is 2. The van der Waals surface area contributed by atoms with Crippen LogP contribution in [0.5, 0.6) is 0 Å². The highest BCUT2D eigenvalue weighted by atomic mass is 14.9. The van der Waals surface area contributed by atoms with Gasteiger partial charge >= 0.3 is 0 Å². The minimum atomic E-state index is 0.348. The van der Waals surface area contributed by atoms with Crippen LogP contribution >= 0.6 is 0 Å². The molecule has 0 aliphatic carbocycles. The Balaban J connectivity index is 2.50. The van der Waals surface area contributed by atoms with Crippen LogP contribution in [0.15, 0.2) is 12.1 Å². The van der Waals surface area contributed by atoms with Crippen LogP contribution < -0.4 is 5.32 Å². The summed E-state index contributed by atoms with van der Waals surface area (Å²) < 4.78 is 0. The van der Waals surface area contributed by atoms with Crippen molar-refractivity contribution in [2.24, 2.45) is 0 Å². The number of rotatable bonds is 2. The zero-order valence-electron chi connectivity index (χ0n) is 10.3. The molecule has 1 atom stereocenters. The van der Waals surface area contributed by atoms with Gasteiger partial charge in [-0.3, -0.25) is 0 Å². The van der Waals surface area contributed by atoms with E-state index >= 15 is 0 Å². The van der Waals surface area contributed by atoms with Crippen LogP contribution in [0, 0.1) is 13.8 Å². The lowest BCUT2D eigenvalue weighted by atomic mass is 9.79. The largest absolute Gasteiger partial charge is 0.384 e. The molecule has 15 heavy (non-hydrogen) atoms. The van der Waals surface area contributed by atoms with E-state index in [9.17, 15) is 0 Å². The molecule has 1 nitrogen and oxygen atoms in total. The molecule has 0 bridgehead atoms. The monoisotopic (exact) mass is 203 g/mol. The third-order valence-corrected chi connectivity index (χ3v) is 3.59. The minimum absolute atomic E-state index is 0.348.